The van der Waals surface area contributed by atoms with Gasteiger partial charge < -0.3 is 15.3 Å². The molecule has 3 aliphatic rings. The van der Waals surface area contributed by atoms with E-state index in [4.69, 9.17) is 0 Å². The van der Waals surface area contributed by atoms with E-state index in [1.54, 1.807) is 10.3 Å². The van der Waals surface area contributed by atoms with Crippen molar-refractivity contribution in [3.8, 4) is 0 Å². The van der Waals surface area contributed by atoms with Crippen LogP contribution in [0.15, 0.2) is 26.0 Å². The number of aliphatic hydroxyl groups excluding tert-OH is 1. The van der Waals surface area contributed by atoms with Gasteiger partial charge in [0.2, 0.25) is 10.0 Å². The number of carbonyl (C=O) groups is 1. The minimum absolute atomic E-state index is 0.0876. The molecular weight excluding hydrogens is 512 g/mol. The van der Waals surface area contributed by atoms with Crippen LogP contribution in [-0.4, -0.2) is 57.4 Å². The zero-order valence-corrected chi connectivity index (χ0v) is 22.5. The number of sulfonamides is 2. The molecule has 0 saturated heterocycles. The van der Waals surface area contributed by atoms with Crippen molar-refractivity contribution in [2.75, 3.05) is 18.1 Å². The number of fused-ring (bicyclic) bond motifs is 2. The van der Waals surface area contributed by atoms with Gasteiger partial charge >= 0.3 is 0 Å². The third-order valence-electron chi connectivity index (χ3n) is 6.69. The summed E-state index contributed by atoms with van der Waals surface area (Å²) in [6.07, 6.45) is 6.24. The second-order valence-electron chi connectivity index (χ2n) is 9.81. The Morgan fingerprint density at radius 3 is 2.69 bits per heavy atom. The number of amidine groups is 1. The highest BCUT2D eigenvalue weighted by atomic mass is 32.2. The predicted molar refractivity (Wildman–Crippen MR) is 135 cm³/mol. The Labute approximate surface area is 210 Å². The third kappa shape index (κ3) is 5.42. The van der Waals surface area contributed by atoms with Gasteiger partial charge in [-0.3, -0.25) is 4.79 Å². The molecule has 2 atom stereocenters. The van der Waals surface area contributed by atoms with Crippen LogP contribution in [-0.2, 0) is 31.4 Å². The Morgan fingerprint density at radius 1 is 1.29 bits per heavy atom. The van der Waals surface area contributed by atoms with E-state index in [9.17, 15) is 26.7 Å². The summed E-state index contributed by atoms with van der Waals surface area (Å²) in [5, 5.41) is 16.0. The van der Waals surface area contributed by atoms with Gasteiger partial charge in [0.15, 0.2) is 5.84 Å². The average Bonchev–Trinajstić information content (AvgIpc) is 3.00. The highest BCUT2D eigenvalue weighted by Crippen LogP contribution is 2.41. The monoisotopic (exact) mass is 544 g/mol. The number of amides is 1. The van der Waals surface area contributed by atoms with Crippen LogP contribution in [0.2, 0.25) is 0 Å². The Bertz CT molecular complexity index is 1280. The van der Waals surface area contributed by atoms with Gasteiger partial charge in [0.1, 0.15) is 21.2 Å². The van der Waals surface area contributed by atoms with E-state index < -0.39 is 26.0 Å². The second kappa shape index (κ2) is 9.83. The molecular formula is C22H32N4O6S3. The number of hydrogen-bond donors (Lipinski definition) is 3. The molecule has 1 aromatic rings. The van der Waals surface area contributed by atoms with Crippen molar-refractivity contribution < 1.29 is 26.7 Å². The molecule has 1 saturated carbocycles. The maximum atomic E-state index is 13.7. The summed E-state index contributed by atoms with van der Waals surface area (Å²) >= 11 is 1.08. The van der Waals surface area contributed by atoms with Gasteiger partial charge in [-0.1, -0.05) is 33.1 Å². The van der Waals surface area contributed by atoms with Crippen LogP contribution in [0.5, 0.6) is 0 Å². The van der Waals surface area contributed by atoms with E-state index >= 15 is 0 Å². The van der Waals surface area contributed by atoms with Gasteiger partial charge in [0.25, 0.3) is 15.9 Å². The first kappa shape index (κ1) is 26.1. The molecule has 1 fully saturated rings. The molecule has 0 unspecified atom stereocenters. The Kier molecular flexibility index (Phi) is 7.33. The molecule has 10 nitrogen and oxygen atoms in total. The standard InChI is InChI=1S/C22H32N4O6S3/c1-13(2)9-10-26-16-8-6-4-5-7-15(16)18(27)17(22(26)28)20-24-21-19(35(31,32)25-20)14(12-33-21)11-23-34(3,29)30/h12-13,15-16,23,27H,4-11H2,1-3H3,(H,24,25)/t15-,16+/m1/s1. The molecule has 0 radical (unpaired) electrons. The van der Waals surface area contributed by atoms with E-state index in [2.05, 4.69) is 28.3 Å². The summed E-state index contributed by atoms with van der Waals surface area (Å²) in [5.74, 6) is -0.562. The van der Waals surface area contributed by atoms with E-state index in [0.717, 1.165) is 56.1 Å². The molecule has 0 bridgehead atoms. The smallest absolute Gasteiger partial charge is 0.287 e. The summed E-state index contributed by atoms with van der Waals surface area (Å²) < 4.78 is 55.4. The van der Waals surface area contributed by atoms with Crippen molar-refractivity contribution in [3.05, 3.63) is 22.3 Å². The van der Waals surface area contributed by atoms with Gasteiger partial charge in [0.05, 0.1) is 6.26 Å². The van der Waals surface area contributed by atoms with Crippen LogP contribution in [0.25, 0.3) is 0 Å². The lowest BCUT2D eigenvalue weighted by atomic mass is 9.84. The van der Waals surface area contributed by atoms with Crippen molar-refractivity contribution in [3.63, 3.8) is 0 Å². The van der Waals surface area contributed by atoms with Crippen molar-refractivity contribution in [2.45, 2.75) is 69.9 Å². The lowest BCUT2D eigenvalue weighted by molar-refractivity contribution is -0.132. The maximum Gasteiger partial charge on any atom is 0.287 e. The molecule has 13 heteroatoms. The summed E-state index contributed by atoms with van der Waals surface area (Å²) in [5.41, 5.74) is 0.177. The molecule has 1 amide bonds. The molecule has 1 aromatic heterocycles. The molecule has 194 valence electrons. The van der Waals surface area contributed by atoms with Crippen LogP contribution in [0.4, 0.5) is 5.00 Å². The minimum Gasteiger partial charge on any atom is -0.511 e. The fraction of sp³-hybridized carbons (Fsp3) is 0.636. The topological polar surface area (TPSA) is 145 Å². The van der Waals surface area contributed by atoms with Crippen molar-refractivity contribution in [1.82, 2.24) is 9.62 Å². The van der Waals surface area contributed by atoms with Gasteiger partial charge in [-0.05, 0) is 30.6 Å². The van der Waals surface area contributed by atoms with E-state index in [-0.39, 0.29) is 51.1 Å². The molecule has 0 aromatic carbocycles. The highest BCUT2D eigenvalue weighted by molar-refractivity contribution is 7.91. The molecule has 0 spiro atoms. The summed E-state index contributed by atoms with van der Waals surface area (Å²) in [6, 6.07) is -0.112. The molecule has 3 heterocycles. The first-order chi connectivity index (χ1) is 16.4. The number of rotatable bonds is 7. The highest BCUT2D eigenvalue weighted by Gasteiger charge is 2.45. The molecule has 4 rings (SSSR count). The number of carbonyl (C=O) groups excluding carboxylic acids is 1. The third-order valence-corrected chi connectivity index (χ3v) is 9.84. The number of anilines is 1. The first-order valence-electron chi connectivity index (χ1n) is 11.8. The number of thiophene rings is 1. The zero-order chi connectivity index (χ0) is 25.5. The van der Waals surface area contributed by atoms with E-state index in [1.165, 1.54) is 0 Å². The lowest BCUT2D eigenvalue weighted by Crippen LogP contribution is -2.52. The molecule has 1 aliphatic carbocycles. The Balaban J connectivity index is 1.73. The maximum absolute atomic E-state index is 13.7. The summed E-state index contributed by atoms with van der Waals surface area (Å²) in [4.78, 5) is 15.4. The van der Waals surface area contributed by atoms with Crippen LogP contribution in [0.3, 0.4) is 0 Å². The van der Waals surface area contributed by atoms with Gasteiger partial charge in [-0.2, -0.15) is 8.42 Å². The van der Waals surface area contributed by atoms with Crippen LogP contribution < -0.4 is 10.0 Å². The first-order valence-corrected chi connectivity index (χ1v) is 16.0. The van der Waals surface area contributed by atoms with Crippen LogP contribution >= 0.6 is 11.3 Å². The number of hydrogen-bond acceptors (Lipinski definition) is 8. The quantitative estimate of drug-likeness (QED) is 0.478. The Morgan fingerprint density at radius 2 is 2.00 bits per heavy atom. The number of nitrogens with zero attached hydrogens (tertiary/aromatic N) is 2. The van der Waals surface area contributed by atoms with E-state index in [1.807, 2.05) is 0 Å². The SMILES string of the molecule is CC(C)CCN1C(=O)C(C2=NS(=O)(=O)c3c(CNS(C)(=O)=O)csc3N2)=C(O)[C@@H]2CCCCC[C@@H]21. The van der Waals surface area contributed by atoms with Crippen LogP contribution in [0.1, 0.15) is 57.9 Å². The molecule has 3 N–H and O–H groups in total. The van der Waals surface area contributed by atoms with Gasteiger partial charge in [0, 0.05) is 30.6 Å². The van der Waals surface area contributed by atoms with Crippen molar-refractivity contribution >= 4 is 48.1 Å². The van der Waals surface area contributed by atoms with E-state index in [0.29, 0.717) is 12.5 Å². The molecule has 35 heavy (non-hydrogen) atoms. The minimum atomic E-state index is -4.24. The summed E-state index contributed by atoms with van der Waals surface area (Å²) in [6.45, 7) is 4.50. The van der Waals surface area contributed by atoms with Gasteiger partial charge in [-0.25, -0.2) is 13.1 Å². The number of aliphatic hydroxyl groups is 1. The number of nitrogens with one attached hydrogen (secondary N) is 2. The summed E-state index contributed by atoms with van der Waals surface area (Å²) in [7, 11) is -7.76. The van der Waals surface area contributed by atoms with Crippen molar-refractivity contribution in [2.24, 2.45) is 16.2 Å². The Hall–Kier alpha value is -1.96. The fourth-order valence-electron chi connectivity index (χ4n) is 4.94. The predicted octanol–water partition coefficient (Wildman–Crippen LogP) is 2.96. The largest absolute Gasteiger partial charge is 0.511 e. The van der Waals surface area contributed by atoms with Crippen LogP contribution in [0, 0.1) is 11.8 Å². The van der Waals surface area contributed by atoms with Gasteiger partial charge in [-0.15, -0.1) is 15.7 Å². The average molecular weight is 545 g/mol. The fourth-order valence-corrected chi connectivity index (χ4v) is 7.97. The lowest BCUT2D eigenvalue weighted by Gasteiger charge is -2.41. The molecule has 2 aliphatic heterocycles. The zero-order valence-electron chi connectivity index (χ0n) is 20.1. The second-order valence-corrected chi connectivity index (χ2v) is 14.1. The normalized spacial score (nSPS) is 24.5. The van der Waals surface area contributed by atoms with Crippen molar-refractivity contribution in [1.29, 1.82) is 0 Å².